The van der Waals surface area contributed by atoms with Crippen LogP contribution in [-0.4, -0.2) is 18.3 Å². The number of anilines is 1. The first-order chi connectivity index (χ1) is 11.8. The quantitative estimate of drug-likeness (QED) is 0.538. The van der Waals surface area contributed by atoms with E-state index in [9.17, 15) is 4.39 Å². The molecule has 2 aromatic carbocycles. The van der Waals surface area contributed by atoms with E-state index in [4.69, 9.17) is 0 Å². The third-order valence-corrected chi connectivity index (χ3v) is 5.47. The van der Waals surface area contributed by atoms with Crippen molar-refractivity contribution >= 4 is 33.5 Å². The van der Waals surface area contributed by atoms with Gasteiger partial charge in [0.1, 0.15) is 5.82 Å². The zero-order valence-electron chi connectivity index (χ0n) is 15.2. The van der Waals surface area contributed by atoms with Gasteiger partial charge in [-0.2, -0.15) is 0 Å². The number of rotatable bonds is 3. The van der Waals surface area contributed by atoms with Crippen LogP contribution in [-0.2, 0) is 0 Å². The predicted molar refractivity (Wildman–Crippen MR) is 108 cm³/mol. The SMILES string of the molecule is CCN1c2cc(F)c(C=Nc3cccc(Br)c3)cc2C(C)CC1(C)C. The molecule has 4 heteroatoms. The van der Waals surface area contributed by atoms with E-state index >= 15 is 0 Å². The Balaban J connectivity index is 2.00. The van der Waals surface area contributed by atoms with Crippen molar-refractivity contribution in [3.05, 3.63) is 57.8 Å². The lowest BCUT2D eigenvalue weighted by Gasteiger charge is -2.47. The molecule has 1 atom stereocenters. The summed E-state index contributed by atoms with van der Waals surface area (Å²) in [5.74, 6) is 0.173. The summed E-state index contributed by atoms with van der Waals surface area (Å²) in [5.41, 5.74) is 3.61. The van der Waals surface area contributed by atoms with Crippen LogP contribution < -0.4 is 4.90 Å². The van der Waals surface area contributed by atoms with Crippen LogP contribution in [0.4, 0.5) is 15.8 Å². The Bertz CT molecular complexity index is 814. The van der Waals surface area contributed by atoms with Crippen molar-refractivity contribution in [3.63, 3.8) is 0 Å². The second-order valence-electron chi connectivity index (χ2n) is 7.33. The summed E-state index contributed by atoms with van der Waals surface area (Å²) in [4.78, 5) is 6.74. The van der Waals surface area contributed by atoms with Gasteiger partial charge in [0.2, 0.25) is 0 Å². The maximum atomic E-state index is 14.7. The van der Waals surface area contributed by atoms with Gasteiger partial charge in [0, 0.05) is 34.0 Å². The van der Waals surface area contributed by atoms with Gasteiger partial charge in [-0.05, 0) is 69.0 Å². The minimum atomic E-state index is -0.221. The highest BCUT2D eigenvalue weighted by Crippen LogP contribution is 2.43. The first-order valence-electron chi connectivity index (χ1n) is 8.72. The standard InChI is InChI=1S/C21H24BrFN2/c1-5-25-20-11-19(23)15(9-18(20)14(2)12-21(25,3)4)13-24-17-8-6-7-16(22)10-17/h6-11,13-14H,5,12H2,1-4H3. The van der Waals surface area contributed by atoms with E-state index in [2.05, 4.69) is 53.5 Å². The Morgan fingerprint density at radius 1 is 1.32 bits per heavy atom. The fraction of sp³-hybridized carbons (Fsp3) is 0.381. The summed E-state index contributed by atoms with van der Waals surface area (Å²) >= 11 is 3.43. The van der Waals surface area contributed by atoms with Crippen molar-refractivity contribution in [2.24, 2.45) is 4.99 Å². The average molecular weight is 403 g/mol. The molecule has 0 saturated carbocycles. The Kier molecular flexibility index (Phi) is 5.01. The third kappa shape index (κ3) is 3.64. The lowest BCUT2D eigenvalue weighted by Crippen LogP contribution is -2.48. The molecule has 0 amide bonds. The van der Waals surface area contributed by atoms with Gasteiger partial charge in [-0.15, -0.1) is 0 Å². The molecule has 132 valence electrons. The molecule has 1 aliphatic heterocycles. The molecule has 0 saturated heterocycles. The molecule has 0 aromatic heterocycles. The summed E-state index contributed by atoms with van der Waals surface area (Å²) in [6.07, 6.45) is 2.68. The van der Waals surface area contributed by atoms with E-state index in [1.807, 2.05) is 30.3 Å². The normalized spacial score (nSPS) is 19.3. The summed E-state index contributed by atoms with van der Waals surface area (Å²) in [5, 5.41) is 0. The zero-order valence-corrected chi connectivity index (χ0v) is 16.8. The van der Waals surface area contributed by atoms with E-state index in [0.717, 1.165) is 28.8 Å². The maximum absolute atomic E-state index is 14.7. The number of nitrogens with zero attached hydrogens (tertiary/aromatic N) is 2. The third-order valence-electron chi connectivity index (χ3n) is 4.98. The fourth-order valence-electron chi connectivity index (χ4n) is 3.92. The van der Waals surface area contributed by atoms with E-state index < -0.39 is 0 Å². The van der Waals surface area contributed by atoms with Crippen LogP contribution in [0.1, 0.15) is 51.2 Å². The van der Waals surface area contributed by atoms with Crippen LogP contribution in [0, 0.1) is 5.82 Å². The molecule has 0 spiro atoms. The predicted octanol–water partition coefficient (Wildman–Crippen LogP) is 6.45. The Morgan fingerprint density at radius 3 is 2.76 bits per heavy atom. The van der Waals surface area contributed by atoms with E-state index in [1.54, 1.807) is 12.3 Å². The molecule has 0 radical (unpaired) electrons. The molecule has 2 nitrogen and oxygen atoms in total. The van der Waals surface area contributed by atoms with Gasteiger partial charge >= 0.3 is 0 Å². The highest BCUT2D eigenvalue weighted by Gasteiger charge is 2.36. The molecule has 0 N–H and O–H groups in total. The number of benzene rings is 2. The summed E-state index contributed by atoms with van der Waals surface area (Å²) in [6, 6.07) is 11.3. The van der Waals surface area contributed by atoms with Gasteiger partial charge in [0.05, 0.1) is 5.69 Å². The van der Waals surface area contributed by atoms with Crippen molar-refractivity contribution < 1.29 is 4.39 Å². The summed E-state index contributed by atoms with van der Waals surface area (Å²) < 4.78 is 15.7. The lowest BCUT2D eigenvalue weighted by atomic mass is 9.79. The highest BCUT2D eigenvalue weighted by atomic mass is 79.9. The summed E-state index contributed by atoms with van der Waals surface area (Å²) in [6.45, 7) is 9.69. The van der Waals surface area contributed by atoms with Crippen molar-refractivity contribution in [3.8, 4) is 0 Å². The minimum Gasteiger partial charge on any atom is -0.366 e. The van der Waals surface area contributed by atoms with Crippen molar-refractivity contribution in [2.45, 2.75) is 45.6 Å². The Hall–Kier alpha value is -1.68. The van der Waals surface area contributed by atoms with Crippen LogP contribution in [0.15, 0.2) is 45.9 Å². The molecule has 1 heterocycles. The zero-order chi connectivity index (χ0) is 18.2. The van der Waals surface area contributed by atoms with Crippen LogP contribution in [0.3, 0.4) is 0 Å². The number of fused-ring (bicyclic) bond motifs is 1. The molecular weight excluding hydrogens is 379 g/mol. The molecular formula is C21H24BrFN2. The van der Waals surface area contributed by atoms with Crippen LogP contribution in [0.2, 0.25) is 0 Å². The molecule has 0 bridgehead atoms. The van der Waals surface area contributed by atoms with Crippen LogP contribution >= 0.6 is 15.9 Å². The number of halogens is 2. The lowest BCUT2D eigenvalue weighted by molar-refractivity contribution is 0.380. The van der Waals surface area contributed by atoms with Crippen molar-refractivity contribution in [1.82, 2.24) is 0 Å². The largest absolute Gasteiger partial charge is 0.366 e. The number of hydrogen-bond acceptors (Lipinski definition) is 2. The fourth-order valence-corrected chi connectivity index (χ4v) is 4.31. The van der Waals surface area contributed by atoms with Crippen molar-refractivity contribution in [2.75, 3.05) is 11.4 Å². The summed E-state index contributed by atoms with van der Waals surface area (Å²) in [7, 11) is 0. The van der Waals surface area contributed by atoms with Gasteiger partial charge in [-0.1, -0.05) is 28.9 Å². The smallest absolute Gasteiger partial charge is 0.134 e. The van der Waals surface area contributed by atoms with E-state index in [-0.39, 0.29) is 11.4 Å². The first kappa shape index (κ1) is 18.1. The molecule has 0 fully saturated rings. The Labute approximate surface area is 157 Å². The highest BCUT2D eigenvalue weighted by molar-refractivity contribution is 9.10. The molecule has 2 aromatic rings. The molecule has 3 rings (SSSR count). The average Bonchev–Trinajstić information content (AvgIpc) is 2.53. The number of aliphatic imine (C=N–C) groups is 1. The van der Waals surface area contributed by atoms with Crippen LogP contribution in [0.5, 0.6) is 0 Å². The molecule has 1 aliphatic rings. The van der Waals surface area contributed by atoms with Crippen LogP contribution in [0.25, 0.3) is 0 Å². The first-order valence-corrected chi connectivity index (χ1v) is 9.52. The second-order valence-corrected chi connectivity index (χ2v) is 8.25. The van der Waals surface area contributed by atoms with Gasteiger partial charge in [-0.3, -0.25) is 4.99 Å². The Morgan fingerprint density at radius 2 is 2.08 bits per heavy atom. The number of hydrogen-bond donors (Lipinski definition) is 0. The van der Waals surface area contributed by atoms with Gasteiger partial charge in [0.25, 0.3) is 0 Å². The van der Waals surface area contributed by atoms with Crippen molar-refractivity contribution in [1.29, 1.82) is 0 Å². The van der Waals surface area contributed by atoms with Gasteiger partial charge in [-0.25, -0.2) is 4.39 Å². The molecule has 0 aliphatic carbocycles. The van der Waals surface area contributed by atoms with E-state index in [0.29, 0.717) is 11.5 Å². The molecule has 25 heavy (non-hydrogen) atoms. The minimum absolute atomic E-state index is 0.0412. The topological polar surface area (TPSA) is 15.6 Å². The molecule has 1 unspecified atom stereocenters. The van der Waals surface area contributed by atoms with E-state index in [1.165, 1.54) is 5.56 Å². The monoisotopic (exact) mass is 402 g/mol. The maximum Gasteiger partial charge on any atom is 0.134 e. The van der Waals surface area contributed by atoms with Gasteiger partial charge in [0.15, 0.2) is 0 Å². The van der Waals surface area contributed by atoms with Gasteiger partial charge < -0.3 is 4.90 Å². The second kappa shape index (κ2) is 6.91.